The van der Waals surface area contributed by atoms with Gasteiger partial charge in [0.1, 0.15) is 11.0 Å². The van der Waals surface area contributed by atoms with Gasteiger partial charge in [-0.1, -0.05) is 18.9 Å². The number of rotatable bonds is 3. The number of amides is 1. The molecule has 1 amide bonds. The summed E-state index contributed by atoms with van der Waals surface area (Å²) in [5.41, 5.74) is 2.94. The highest BCUT2D eigenvalue weighted by molar-refractivity contribution is 7.00. The van der Waals surface area contributed by atoms with E-state index in [1.54, 1.807) is 0 Å². The molecule has 118 valence electrons. The van der Waals surface area contributed by atoms with E-state index in [4.69, 9.17) is 0 Å². The SMILES string of the molecule is CN(Cc1ccc2nsnc2c1)C(=O)C1CCCCCN1C. The number of nitrogens with zero attached hydrogens (tertiary/aromatic N) is 4. The number of benzene rings is 1. The van der Waals surface area contributed by atoms with Crippen LogP contribution >= 0.6 is 11.7 Å². The predicted molar refractivity (Wildman–Crippen MR) is 88.8 cm³/mol. The molecular weight excluding hydrogens is 296 g/mol. The number of carbonyl (C=O) groups is 1. The van der Waals surface area contributed by atoms with Gasteiger partial charge in [-0.15, -0.1) is 0 Å². The van der Waals surface area contributed by atoms with Crippen LogP contribution in [0.2, 0.25) is 0 Å². The fourth-order valence-corrected chi connectivity index (χ4v) is 3.61. The Morgan fingerprint density at radius 3 is 3.00 bits per heavy atom. The Morgan fingerprint density at radius 2 is 2.14 bits per heavy atom. The molecule has 1 fully saturated rings. The lowest BCUT2D eigenvalue weighted by Gasteiger charge is -2.29. The molecule has 0 aliphatic carbocycles. The Balaban J connectivity index is 1.69. The van der Waals surface area contributed by atoms with Crippen LogP contribution in [0.15, 0.2) is 18.2 Å². The Kier molecular flexibility index (Phi) is 4.69. The molecule has 0 N–H and O–H groups in total. The minimum Gasteiger partial charge on any atom is -0.340 e. The van der Waals surface area contributed by atoms with E-state index in [2.05, 4.69) is 20.7 Å². The third kappa shape index (κ3) is 3.28. The summed E-state index contributed by atoms with van der Waals surface area (Å²) in [5.74, 6) is 0.223. The van der Waals surface area contributed by atoms with E-state index in [0.29, 0.717) is 6.54 Å². The summed E-state index contributed by atoms with van der Waals surface area (Å²) < 4.78 is 8.48. The van der Waals surface area contributed by atoms with Crippen molar-refractivity contribution in [2.45, 2.75) is 38.3 Å². The highest BCUT2D eigenvalue weighted by Gasteiger charge is 2.27. The highest BCUT2D eigenvalue weighted by atomic mass is 32.1. The van der Waals surface area contributed by atoms with Crippen LogP contribution in [0, 0.1) is 0 Å². The lowest BCUT2D eigenvalue weighted by molar-refractivity contribution is -0.135. The van der Waals surface area contributed by atoms with Crippen molar-refractivity contribution in [2.75, 3.05) is 20.6 Å². The van der Waals surface area contributed by atoms with Crippen molar-refractivity contribution in [1.82, 2.24) is 18.5 Å². The number of carbonyl (C=O) groups excluding carboxylic acids is 1. The standard InChI is InChI=1S/C16H22N4OS/c1-19-9-5-3-4-6-15(19)16(21)20(2)11-12-7-8-13-14(10-12)18-22-17-13/h7-8,10,15H,3-6,9,11H2,1-2H3. The number of hydrogen-bond donors (Lipinski definition) is 0. The van der Waals surface area contributed by atoms with Gasteiger partial charge in [0, 0.05) is 13.6 Å². The first-order valence-corrected chi connectivity index (χ1v) is 8.54. The van der Waals surface area contributed by atoms with Crippen LogP contribution in [-0.4, -0.2) is 51.1 Å². The molecule has 0 spiro atoms. The molecule has 1 unspecified atom stereocenters. The maximum atomic E-state index is 12.7. The molecule has 1 saturated heterocycles. The second-order valence-electron chi connectivity index (χ2n) is 6.13. The van der Waals surface area contributed by atoms with Gasteiger partial charge in [-0.2, -0.15) is 8.75 Å². The largest absolute Gasteiger partial charge is 0.340 e. The average molecular weight is 318 g/mol. The minimum absolute atomic E-state index is 0.0252. The average Bonchev–Trinajstić information content (AvgIpc) is 2.87. The molecule has 1 atom stereocenters. The van der Waals surface area contributed by atoms with Crippen molar-refractivity contribution in [3.63, 3.8) is 0 Å². The van der Waals surface area contributed by atoms with Gasteiger partial charge >= 0.3 is 0 Å². The smallest absolute Gasteiger partial charge is 0.239 e. The van der Waals surface area contributed by atoms with E-state index in [-0.39, 0.29) is 11.9 Å². The number of likely N-dealkylation sites (N-methyl/N-ethyl adjacent to an activating group) is 2. The van der Waals surface area contributed by atoms with Crippen molar-refractivity contribution in [3.05, 3.63) is 23.8 Å². The van der Waals surface area contributed by atoms with Crippen LogP contribution in [-0.2, 0) is 11.3 Å². The topological polar surface area (TPSA) is 49.3 Å². The van der Waals surface area contributed by atoms with Gasteiger partial charge in [0.2, 0.25) is 5.91 Å². The maximum Gasteiger partial charge on any atom is 0.239 e. The second-order valence-corrected chi connectivity index (χ2v) is 6.66. The molecular formula is C16H22N4OS. The Hall–Kier alpha value is -1.53. The van der Waals surface area contributed by atoms with Crippen LogP contribution in [0.5, 0.6) is 0 Å². The lowest BCUT2D eigenvalue weighted by Crippen LogP contribution is -2.45. The molecule has 5 nitrogen and oxygen atoms in total. The van der Waals surface area contributed by atoms with Crippen LogP contribution in [0.4, 0.5) is 0 Å². The minimum atomic E-state index is 0.0252. The van der Waals surface area contributed by atoms with E-state index in [9.17, 15) is 4.79 Å². The first-order valence-electron chi connectivity index (χ1n) is 7.81. The second kappa shape index (κ2) is 6.71. The Labute approximate surface area is 135 Å². The molecule has 3 rings (SSSR count). The Bertz CT molecular complexity index is 656. The lowest BCUT2D eigenvalue weighted by atomic mass is 10.1. The van der Waals surface area contributed by atoms with Gasteiger partial charge in [-0.05, 0) is 44.1 Å². The number of likely N-dealkylation sites (tertiary alicyclic amines) is 1. The highest BCUT2D eigenvalue weighted by Crippen LogP contribution is 2.19. The molecule has 1 aliphatic heterocycles. The number of aromatic nitrogens is 2. The van der Waals surface area contributed by atoms with Crippen molar-refractivity contribution in [2.24, 2.45) is 0 Å². The first-order chi connectivity index (χ1) is 10.6. The van der Waals surface area contributed by atoms with Gasteiger partial charge in [0.25, 0.3) is 0 Å². The fraction of sp³-hybridized carbons (Fsp3) is 0.562. The van der Waals surface area contributed by atoms with Gasteiger partial charge in [0.15, 0.2) is 0 Å². The summed E-state index contributed by atoms with van der Waals surface area (Å²) in [6, 6.07) is 6.06. The third-order valence-corrected chi connectivity index (χ3v) is 4.98. The molecule has 0 radical (unpaired) electrons. The van der Waals surface area contributed by atoms with Gasteiger partial charge in [-0.3, -0.25) is 9.69 Å². The first kappa shape index (κ1) is 15.4. The zero-order valence-electron chi connectivity index (χ0n) is 13.2. The number of hydrogen-bond acceptors (Lipinski definition) is 5. The number of fused-ring (bicyclic) bond motifs is 1. The van der Waals surface area contributed by atoms with Gasteiger partial charge in [-0.25, -0.2) is 0 Å². The normalized spacial score (nSPS) is 20.0. The fourth-order valence-electron chi connectivity index (χ4n) is 3.10. The van der Waals surface area contributed by atoms with Crippen molar-refractivity contribution in [3.8, 4) is 0 Å². The van der Waals surface area contributed by atoms with E-state index in [0.717, 1.165) is 36.0 Å². The van der Waals surface area contributed by atoms with Crippen molar-refractivity contribution < 1.29 is 4.79 Å². The van der Waals surface area contributed by atoms with E-state index in [1.807, 2.05) is 30.1 Å². The molecule has 0 bridgehead atoms. The summed E-state index contributed by atoms with van der Waals surface area (Å²) in [7, 11) is 3.96. The van der Waals surface area contributed by atoms with Crippen LogP contribution in [0.1, 0.15) is 31.2 Å². The van der Waals surface area contributed by atoms with E-state index < -0.39 is 0 Å². The molecule has 2 heterocycles. The summed E-state index contributed by atoms with van der Waals surface area (Å²) >= 11 is 1.22. The molecule has 1 aromatic carbocycles. The van der Waals surface area contributed by atoms with Crippen LogP contribution in [0.25, 0.3) is 11.0 Å². The molecule has 1 aliphatic rings. The third-order valence-electron chi connectivity index (χ3n) is 4.42. The van der Waals surface area contributed by atoms with Crippen molar-refractivity contribution in [1.29, 1.82) is 0 Å². The Morgan fingerprint density at radius 1 is 1.32 bits per heavy atom. The molecule has 2 aromatic rings. The summed E-state index contributed by atoms with van der Waals surface area (Å²) in [6.07, 6.45) is 4.53. The zero-order valence-corrected chi connectivity index (χ0v) is 14.0. The van der Waals surface area contributed by atoms with Crippen molar-refractivity contribution >= 4 is 28.7 Å². The summed E-state index contributed by atoms with van der Waals surface area (Å²) in [4.78, 5) is 16.8. The van der Waals surface area contributed by atoms with Crippen LogP contribution < -0.4 is 0 Å². The monoisotopic (exact) mass is 318 g/mol. The zero-order chi connectivity index (χ0) is 15.5. The quantitative estimate of drug-likeness (QED) is 0.872. The molecule has 6 heteroatoms. The molecule has 0 saturated carbocycles. The molecule has 1 aromatic heterocycles. The maximum absolute atomic E-state index is 12.7. The molecule has 22 heavy (non-hydrogen) atoms. The summed E-state index contributed by atoms with van der Waals surface area (Å²) in [6.45, 7) is 1.64. The van der Waals surface area contributed by atoms with Crippen LogP contribution in [0.3, 0.4) is 0 Å². The van der Waals surface area contributed by atoms with E-state index in [1.165, 1.54) is 24.6 Å². The van der Waals surface area contributed by atoms with Gasteiger partial charge in [0.05, 0.1) is 17.8 Å². The van der Waals surface area contributed by atoms with E-state index >= 15 is 0 Å². The van der Waals surface area contributed by atoms with Gasteiger partial charge < -0.3 is 4.90 Å². The predicted octanol–water partition coefficient (Wildman–Crippen LogP) is 2.52. The summed E-state index contributed by atoms with van der Waals surface area (Å²) in [5, 5.41) is 0.